The van der Waals surface area contributed by atoms with E-state index in [1.165, 1.54) is 18.4 Å². The van der Waals surface area contributed by atoms with Crippen LogP contribution < -0.4 is 10.6 Å². The van der Waals surface area contributed by atoms with Crippen molar-refractivity contribution in [2.24, 2.45) is 0 Å². The molecule has 2 atom stereocenters. The highest BCUT2D eigenvalue weighted by molar-refractivity contribution is 5.92. The molecule has 1 aromatic carbocycles. The Labute approximate surface area is 147 Å². The summed E-state index contributed by atoms with van der Waals surface area (Å²) < 4.78 is 5.24. The van der Waals surface area contributed by atoms with Gasteiger partial charge >= 0.3 is 0 Å². The van der Waals surface area contributed by atoms with E-state index in [1.807, 2.05) is 31.2 Å². The van der Waals surface area contributed by atoms with Crippen LogP contribution in [0.4, 0.5) is 0 Å². The summed E-state index contributed by atoms with van der Waals surface area (Å²) in [6.45, 7) is 2.04. The van der Waals surface area contributed by atoms with Gasteiger partial charge in [-0.15, -0.1) is 12.4 Å². The molecule has 6 heteroatoms. The first-order valence-electron chi connectivity index (χ1n) is 8.28. The highest BCUT2D eigenvalue weighted by atomic mass is 35.5. The molecule has 2 aliphatic rings. The zero-order chi connectivity index (χ0) is 15.8. The molecule has 2 N–H and O–H groups in total. The summed E-state index contributed by atoms with van der Waals surface area (Å²) in [5.41, 5.74) is 2.84. The van der Waals surface area contributed by atoms with Crippen LogP contribution in [0.15, 0.2) is 34.9 Å². The summed E-state index contributed by atoms with van der Waals surface area (Å²) in [6.07, 6.45) is 4.44. The molecule has 4 rings (SSSR count). The smallest absolute Gasteiger partial charge is 0.290 e. The van der Waals surface area contributed by atoms with Gasteiger partial charge in [0.05, 0.1) is 0 Å². The standard InChI is InChI=1S/C18H21N3O2.ClH/c1-11-2-4-12(5-3-11)16-10-17(23-21-16)18(22)20-15-8-13-6-7-14(9-15)19-13;/h2-5,10,13-15,19H,6-9H2,1H3,(H,20,22);1H. The Balaban J connectivity index is 0.00000169. The van der Waals surface area contributed by atoms with Crippen molar-refractivity contribution in [1.29, 1.82) is 0 Å². The molecule has 2 saturated heterocycles. The maximum Gasteiger partial charge on any atom is 0.290 e. The minimum atomic E-state index is -0.165. The summed E-state index contributed by atoms with van der Waals surface area (Å²) in [5, 5.41) is 10.7. The van der Waals surface area contributed by atoms with E-state index < -0.39 is 0 Å². The highest BCUT2D eigenvalue weighted by Crippen LogP contribution is 2.27. The molecule has 0 aliphatic carbocycles. The number of hydrogen-bond donors (Lipinski definition) is 2. The van der Waals surface area contributed by atoms with Gasteiger partial charge in [-0.1, -0.05) is 35.0 Å². The van der Waals surface area contributed by atoms with Gasteiger partial charge in [0.25, 0.3) is 5.91 Å². The topological polar surface area (TPSA) is 67.2 Å². The summed E-state index contributed by atoms with van der Waals surface area (Å²) in [4.78, 5) is 12.4. The molecule has 0 saturated carbocycles. The molecule has 5 nitrogen and oxygen atoms in total. The van der Waals surface area contributed by atoms with E-state index in [-0.39, 0.29) is 30.1 Å². The van der Waals surface area contributed by atoms with Gasteiger partial charge in [0.2, 0.25) is 5.76 Å². The second kappa shape index (κ2) is 6.95. The first-order valence-corrected chi connectivity index (χ1v) is 8.28. The number of carbonyl (C=O) groups is 1. The van der Waals surface area contributed by atoms with E-state index in [9.17, 15) is 4.79 Å². The van der Waals surface area contributed by atoms with Crippen LogP contribution in [0.2, 0.25) is 0 Å². The number of amides is 1. The van der Waals surface area contributed by atoms with Crippen molar-refractivity contribution in [3.8, 4) is 11.3 Å². The van der Waals surface area contributed by atoms with Crippen molar-refractivity contribution in [1.82, 2.24) is 15.8 Å². The number of nitrogens with zero attached hydrogens (tertiary/aromatic N) is 1. The van der Waals surface area contributed by atoms with E-state index in [2.05, 4.69) is 15.8 Å². The first-order chi connectivity index (χ1) is 11.2. The fraction of sp³-hybridized carbons (Fsp3) is 0.444. The van der Waals surface area contributed by atoms with E-state index >= 15 is 0 Å². The molecular weight excluding hydrogens is 326 g/mol. The Kier molecular flexibility index (Phi) is 4.92. The van der Waals surface area contributed by atoms with Gasteiger partial charge in [-0.2, -0.15) is 0 Å². The zero-order valence-corrected chi connectivity index (χ0v) is 14.4. The lowest BCUT2D eigenvalue weighted by Gasteiger charge is -2.29. The van der Waals surface area contributed by atoms with Crippen LogP contribution in [0.5, 0.6) is 0 Å². The van der Waals surface area contributed by atoms with E-state index in [1.54, 1.807) is 6.07 Å². The third-order valence-electron chi connectivity index (χ3n) is 4.89. The third kappa shape index (κ3) is 3.47. The minimum absolute atomic E-state index is 0. The summed E-state index contributed by atoms with van der Waals surface area (Å²) >= 11 is 0. The van der Waals surface area contributed by atoms with E-state index in [0.717, 1.165) is 18.4 Å². The maximum atomic E-state index is 12.4. The number of aromatic nitrogens is 1. The number of piperidine rings is 1. The number of nitrogens with one attached hydrogen (secondary N) is 2. The SMILES string of the molecule is Cc1ccc(-c2cc(C(=O)NC3CC4CCC(C3)N4)on2)cc1.Cl. The molecule has 128 valence electrons. The van der Waals surface area contributed by atoms with E-state index in [4.69, 9.17) is 4.52 Å². The molecule has 0 spiro atoms. The van der Waals surface area contributed by atoms with Gasteiger partial charge in [0.15, 0.2) is 0 Å². The molecule has 2 aromatic rings. The molecular formula is C18H22ClN3O2. The number of halogens is 1. The van der Waals surface area contributed by atoms with Crippen molar-refractivity contribution in [3.05, 3.63) is 41.7 Å². The van der Waals surface area contributed by atoms with Crippen LogP contribution >= 0.6 is 12.4 Å². The van der Waals surface area contributed by atoms with Gasteiger partial charge in [-0.3, -0.25) is 4.79 Å². The van der Waals surface area contributed by atoms with Crippen molar-refractivity contribution in [3.63, 3.8) is 0 Å². The second-order valence-electron chi connectivity index (χ2n) is 6.72. The monoisotopic (exact) mass is 347 g/mol. The maximum absolute atomic E-state index is 12.4. The van der Waals surface area contributed by atoms with Crippen LogP contribution in [0, 0.1) is 6.92 Å². The van der Waals surface area contributed by atoms with Gasteiger partial charge in [-0.25, -0.2) is 0 Å². The van der Waals surface area contributed by atoms with Gasteiger partial charge in [-0.05, 0) is 32.6 Å². The molecule has 1 aromatic heterocycles. The second-order valence-corrected chi connectivity index (χ2v) is 6.72. The van der Waals surface area contributed by atoms with Crippen molar-refractivity contribution >= 4 is 18.3 Å². The Morgan fingerprint density at radius 3 is 2.54 bits per heavy atom. The third-order valence-corrected chi connectivity index (χ3v) is 4.89. The van der Waals surface area contributed by atoms with Crippen molar-refractivity contribution in [2.75, 3.05) is 0 Å². The average Bonchev–Trinajstić information content (AvgIpc) is 3.15. The van der Waals surface area contributed by atoms with Crippen LogP contribution in [0.3, 0.4) is 0 Å². The van der Waals surface area contributed by atoms with Crippen LogP contribution in [-0.2, 0) is 0 Å². The lowest BCUT2D eigenvalue weighted by Crippen LogP contribution is -2.47. The van der Waals surface area contributed by atoms with Crippen LogP contribution in [-0.4, -0.2) is 29.2 Å². The quantitative estimate of drug-likeness (QED) is 0.895. The molecule has 3 heterocycles. The minimum Gasteiger partial charge on any atom is -0.350 e. The van der Waals surface area contributed by atoms with Crippen LogP contribution in [0.1, 0.15) is 41.8 Å². The molecule has 2 bridgehead atoms. The van der Waals surface area contributed by atoms with Crippen molar-refractivity contribution < 1.29 is 9.32 Å². The number of hydrogen-bond acceptors (Lipinski definition) is 4. The van der Waals surface area contributed by atoms with Gasteiger partial charge in [0, 0.05) is 29.8 Å². The van der Waals surface area contributed by atoms with Crippen molar-refractivity contribution in [2.45, 2.75) is 50.7 Å². The Hall–Kier alpha value is -1.85. The molecule has 2 fully saturated rings. The molecule has 2 unspecified atom stereocenters. The molecule has 0 radical (unpaired) electrons. The largest absolute Gasteiger partial charge is 0.350 e. The van der Waals surface area contributed by atoms with Crippen LogP contribution in [0.25, 0.3) is 11.3 Å². The van der Waals surface area contributed by atoms with Gasteiger partial charge < -0.3 is 15.2 Å². The number of rotatable bonds is 3. The van der Waals surface area contributed by atoms with Gasteiger partial charge in [0.1, 0.15) is 5.69 Å². The number of fused-ring (bicyclic) bond motifs is 2. The molecule has 2 aliphatic heterocycles. The lowest BCUT2D eigenvalue weighted by atomic mass is 10.00. The predicted octanol–water partition coefficient (Wildman–Crippen LogP) is 3.08. The number of benzene rings is 1. The lowest BCUT2D eigenvalue weighted by molar-refractivity contribution is 0.0886. The Morgan fingerprint density at radius 1 is 1.21 bits per heavy atom. The number of carbonyl (C=O) groups excluding carboxylic acids is 1. The molecule has 1 amide bonds. The summed E-state index contributed by atoms with van der Waals surface area (Å²) in [7, 11) is 0. The zero-order valence-electron chi connectivity index (χ0n) is 13.6. The Bertz CT molecular complexity index is 701. The Morgan fingerprint density at radius 2 is 1.88 bits per heavy atom. The highest BCUT2D eigenvalue weighted by Gasteiger charge is 2.34. The summed E-state index contributed by atoms with van der Waals surface area (Å²) in [5.74, 6) is 0.119. The predicted molar refractivity (Wildman–Crippen MR) is 94.4 cm³/mol. The average molecular weight is 348 g/mol. The fourth-order valence-corrected chi connectivity index (χ4v) is 3.67. The first kappa shape index (κ1) is 17.0. The normalized spacial score (nSPS) is 25.1. The summed E-state index contributed by atoms with van der Waals surface area (Å²) in [6, 6.07) is 11.1. The fourth-order valence-electron chi connectivity index (χ4n) is 3.67. The number of aryl methyl sites for hydroxylation is 1. The van der Waals surface area contributed by atoms with E-state index in [0.29, 0.717) is 17.8 Å². The molecule has 24 heavy (non-hydrogen) atoms.